The predicted octanol–water partition coefficient (Wildman–Crippen LogP) is 1.95. The lowest BCUT2D eigenvalue weighted by Crippen LogP contribution is -2.44. The molecule has 1 aliphatic heterocycles. The average molecular weight is 334 g/mol. The number of likely N-dealkylation sites (tertiary alicyclic amines) is 1. The second-order valence-electron chi connectivity index (χ2n) is 5.60. The summed E-state index contributed by atoms with van der Waals surface area (Å²) in [5.41, 5.74) is 0.470. The third kappa shape index (κ3) is 4.20. The zero-order valence-corrected chi connectivity index (χ0v) is 12.6. The molecular formula is C15H18F4N2O2. The fourth-order valence-corrected chi connectivity index (χ4v) is 2.87. The summed E-state index contributed by atoms with van der Waals surface area (Å²) in [5, 5.41) is 9.57. The number of amides is 1. The third-order valence-corrected chi connectivity index (χ3v) is 4.03. The Morgan fingerprint density at radius 3 is 2.70 bits per heavy atom. The normalized spacial score (nSPS) is 20.4. The Bertz CT molecular complexity index is 565. The summed E-state index contributed by atoms with van der Waals surface area (Å²) in [7, 11) is 1.55. The van der Waals surface area contributed by atoms with Crippen LogP contribution in [0.5, 0.6) is 0 Å². The molecule has 2 atom stereocenters. The van der Waals surface area contributed by atoms with E-state index in [-0.39, 0.29) is 19.6 Å². The molecule has 0 radical (unpaired) electrons. The molecule has 2 rings (SSSR count). The lowest BCUT2D eigenvalue weighted by atomic mass is 10.0. The van der Waals surface area contributed by atoms with Crippen LogP contribution in [0.2, 0.25) is 0 Å². The number of aliphatic hydroxyl groups excluding tert-OH is 1. The molecule has 1 aliphatic rings. The highest BCUT2D eigenvalue weighted by Crippen LogP contribution is 2.28. The molecule has 0 aromatic heterocycles. The van der Waals surface area contributed by atoms with E-state index < -0.39 is 36.5 Å². The molecule has 1 saturated heterocycles. The summed E-state index contributed by atoms with van der Waals surface area (Å²) in [6.07, 6.45) is -4.21. The van der Waals surface area contributed by atoms with E-state index in [1.165, 1.54) is 23.1 Å². The van der Waals surface area contributed by atoms with E-state index in [2.05, 4.69) is 0 Å². The molecule has 0 bridgehead atoms. The summed E-state index contributed by atoms with van der Waals surface area (Å²) in [6.45, 7) is -1.64. The topological polar surface area (TPSA) is 43.8 Å². The maximum Gasteiger partial charge on any atom is 0.406 e. The number of likely N-dealkylation sites (N-methyl/N-ethyl adjacent to an activating group) is 1. The van der Waals surface area contributed by atoms with Crippen molar-refractivity contribution in [1.82, 2.24) is 9.80 Å². The summed E-state index contributed by atoms with van der Waals surface area (Å²) >= 11 is 0. The second-order valence-corrected chi connectivity index (χ2v) is 5.60. The monoisotopic (exact) mass is 334 g/mol. The van der Waals surface area contributed by atoms with Gasteiger partial charge in [0.1, 0.15) is 12.4 Å². The fraction of sp³-hybridized carbons (Fsp3) is 0.533. The standard InChI is InChI=1S/C15H18F4N2O2/c1-20(13(8-22)10-3-2-4-11(16)7-10)12-5-6-21(14(12)23)9-15(17,18)19/h2-4,7,12-13,22H,5-6,8-9H2,1H3/t12-,13+/m1/s1. The smallest absolute Gasteiger partial charge is 0.394 e. The highest BCUT2D eigenvalue weighted by molar-refractivity contribution is 5.84. The zero-order valence-electron chi connectivity index (χ0n) is 12.6. The van der Waals surface area contributed by atoms with E-state index in [9.17, 15) is 27.5 Å². The molecule has 0 aliphatic carbocycles. The van der Waals surface area contributed by atoms with Gasteiger partial charge in [-0.3, -0.25) is 9.69 Å². The number of halogens is 4. The van der Waals surface area contributed by atoms with E-state index in [0.717, 1.165) is 4.90 Å². The minimum Gasteiger partial charge on any atom is -0.394 e. The highest BCUT2D eigenvalue weighted by Gasteiger charge is 2.42. The lowest BCUT2D eigenvalue weighted by Gasteiger charge is -2.31. The van der Waals surface area contributed by atoms with Crippen LogP contribution in [0.3, 0.4) is 0 Å². The SMILES string of the molecule is CN([C@@H]1CCN(CC(F)(F)F)C1=O)[C@@H](CO)c1cccc(F)c1. The van der Waals surface area contributed by atoms with Gasteiger partial charge in [0.25, 0.3) is 0 Å². The van der Waals surface area contributed by atoms with Crippen molar-refractivity contribution in [2.24, 2.45) is 0 Å². The number of rotatable bonds is 5. The van der Waals surface area contributed by atoms with Crippen LogP contribution in [-0.4, -0.2) is 59.8 Å². The van der Waals surface area contributed by atoms with Crippen LogP contribution >= 0.6 is 0 Å². The van der Waals surface area contributed by atoms with Crippen molar-refractivity contribution in [3.63, 3.8) is 0 Å². The average Bonchev–Trinajstić information content (AvgIpc) is 2.79. The molecule has 1 fully saturated rings. The van der Waals surface area contributed by atoms with Gasteiger partial charge < -0.3 is 10.0 Å². The van der Waals surface area contributed by atoms with Crippen molar-refractivity contribution in [2.75, 3.05) is 26.7 Å². The van der Waals surface area contributed by atoms with Crippen LogP contribution in [0.1, 0.15) is 18.0 Å². The van der Waals surface area contributed by atoms with Crippen molar-refractivity contribution >= 4 is 5.91 Å². The third-order valence-electron chi connectivity index (χ3n) is 4.03. The number of hydrogen-bond acceptors (Lipinski definition) is 3. The van der Waals surface area contributed by atoms with Crippen molar-refractivity contribution in [3.05, 3.63) is 35.6 Å². The number of hydrogen-bond donors (Lipinski definition) is 1. The summed E-state index contributed by atoms with van der Waals surface area (Å²) < 4.78 is 50.7. The number of nitrogens with zero attached hydrogens (tertiary/aromatic N) is 2. The Kier molecular flexibility index (Phi) is 5.26. The number of aliphatic hydroxyl groups is 1. The number of carbonyl (C=O) groups is 1. The molecule has 1 N–H and O–H groups in total. The van der Waals surface area contributed by atoms with Crippen LogP contribution in [0.25, 0.3) is 0 Å². The second kappa shape index (κ2) is 6.84. The van der Waals surface area contributed by atoms with Crippen molar-refractivity contribution in [1.29, 1.82) is 0 Å². The Morgan fingerprint density at radius 1 is 1.43 bits per heavy atom. The molecule has 4 nitrogen and oxygen atoms in total. The zero-order chi connectivity index (χ0) is 17.2. The Morgan fingerprint density at radius 2 is 2.13 bits per heavy atom. The molecule has 1 heterocycles. The van der Waals surface area contributed by atoms with Crippen molar-refractivity contribution in [2.45, 2.75) is 24.7 Å². The first-order valence-electron chi connectivity index (χ1n) is 7.16. The molecule has 1 aromatic rings. The largest absolute Gasteiger partial charge is 0.406 e. The first-order chi connectivity index (χ1) is 10.7. The molecule has 0 unspecified atom stereocenters. The lowest BCUT2D eigenvalue weighted by molar-refractivity contribution is -0.159. The fourth-order valence-electron chi connectivity index (χ4n) is 2.87. The maximum absolute atomic E-state index is 13.3. The number of alkyl halides is 3. The first-order valence-corrected chi connectivity index (χ1v) is 7.16. The number of benzene rings is 1. The first kappa shape index (κ1) is 17.7. The van der Waals surface area contributed by atoms with Gasteiger partial charge in [0.05, 0.1) is 18.7 Å². The molecule has 0 spiro atoms. The summed E-state index contributed by atoms with van der Waals surface area (Å²) in [6, 6.07) is 4.15. The van der Waals surface area contributed by atoms with Gasteiger partial charge in [-0.25, -0.2) is 4.39 Å². The van der Waals surface area contributed by atoms with Gasteiger partial charge in [0.2, 0.25) is 5.91 Å². The predicted molar refractivity (Wildman–Crippen MR) is 75.0 cm³/mol. The Labute approximate surface area is 131 Å². The Balaban J connectivity index is 2.13. The van der Waals surface area contributed by atoms with Gasteiger partial charge in [0, 0.05) is 6.54 Å². The summed E-state index contributed by atoms with van der Waals surface area (Å²) in [4.78, 5) is 14.4. The van der Waals surface area contributed by atoms with E-state index in [0.29, 0.717) is 5.56 Å². The van der Waals surface area contributed by atoms with Crippen LogP contribution in [0, 0.1) is 5.82 Å². The van der Waals surface area contributed by atoms with Gasteiger partial charge in [0.15, 0.2) is 0 Å². The quantitative estimate of drug-likeness (QED) is 0.837. The highest BCUT2D eigenvalue weighted by atomic mass is 19.4. The van der Waals surface area contributed by atoms with Crippen molar-refractivity contribution < 1.29 is 27.5 Å². The van der Waals surface area contributed by atoms with Gasteiger partial charge in [-0.1, -0.05) is 12.1 Å². The van der Waals surface area contributed by atoms with Gasteiger partial charge in [-0.15, -0.1) is 0 Å². The van der Waals surface area contributed by atoms with Gasteiger partial charge in [-0.05, 0) is 31.2 Å². The number of carbonyl (C=O) groups excluding carboxylic acids is 1. The molecule has 128 valence electrons. The van der Waals surface area contributed by atoms with Crippen LogP contribution in [-0.2, 0) is 4.79 Å². The molecule has 8 heteroatoms. The van der Waals surface area contributed by atoms with E-state index in [1.807, 2.05) is 0 Å². The molecule has 1 amide bonds. The molecule has 1 aromatic carbocycles. The van der Waals surface area contributed by atoms with Crippen LogP contribution in [0.4, 0.5) is 17.6 Å². The maximum atomic E-state index is 13.3. The van der Waals surface area contributed by atoms with Crippen LogP contribution in [0.15, 0.2) is 24.3 Å². The minimum absolute atomic E-state index is 0.00858. The molecule has 0 saturated carbocycles. The molecule has 23 heavy (non-hydrogen) atoms. The van der Waals surface area contributed by atoms with Gasteiger partial charge >= 0.3 is 6.18 Å². The van der Waals surface area contributed by atoms with Gasteiger partial charge in [-0.2, -0.15) is 13.2 Å². The van der Waals surface area contributed by atoms with E-state index in [1.54, 1.807) is 13.1 Å². The van der Waals surface area contributed by atoms with E-state index in [4.69, 9.17) is 0 Å². The molecular weight excluding hydrogens is 316 g/mol. The minimum atomic E-state index is -4.44. The van der Waals surface area contributed by atoms with Crippen molar-refractivity contribution in [3.8, 4) is 0 Å². The van der Waals surface area contributed by atoms with Crippen LogP contribution < -0.4 is 0 Å². The van der Waals surface area contributed by atoms with E-state index >= 15 is 0 Å². The Hall–Kier alpha value is -1.67. The summed E-state index contributed by atoms with van der Waals surface area (Å²) in [5.74, 6) is -1.11.